The van der Waals surface area contributed by atoms with Gasteiger partial charge in [0.25, 0.3) is 5.92 Å². The van der Waals surface area contributed by atoms with Crippen LogP contribution in [0.2, 0.25) is 5.02 Å². The Balaban J connectivity index is 0.875. The number of fused-ring (bicyclic) bond motifs is 3. The predicted octanol–water partition coefficient (Wildman–Crippen LogP) is 10.8. The van der Waals surface area contributed by atoms with Crippen LogP contribution >= 0.6 is 11.6 Å². The van der Waals surface area contributed by atoms with E-state index in [0.29, 0.717) is 113 Å². The Morgan fingerprint density at radius 1 is 0.985 bits per heavy atom. The number of amides is 1. The molecule has 2 fully saturated rings. The van der Waals surface area contributed by atoms with E-state index >= 15 is 0 Å². The van der Waals surface area contributed by atoms with Gasteiger partial charge in [0.05, 0.1) is 19.8 Å². The van der Waals surface area contributed by atoms with Crippen molar-refractivity contribution in [3.8, 4) is 17.2 Å². The smallest absolute Gasteiger partial charge is 0.329 e. The summed E-state index contributed by atoms with van der Waals surface area (Å²) in [5.41, 5.74) is 5.34. The quantitative estimate of drug-likeness (QED) is 0.0836. The number of alkyl halides is 2. The van der Waals surface area contributed by atoms with Gasteiger partial charge in [0.1, 0.15) is 29.4 Å². The number of ether oxygens (including phenoxy) is 3. The minimum absolute atomic E-state index is 0.0427. The number of rotatable bonds is 20. The van der Waals surface area contributed by atoms with Gasteiger partial charge in [0, 0.05) is 67.7 Å². The number of carboxylic acid groups (broad SMARTS) is 1. The van der Waals surface area contributed by atoms with E-state index in [-0.39, 0.29) is 30.2 Å². The zero-order chi connectivity index (χ0) is 47.2. The van der Waals surface area contributed by atoms with E-state index in [1.807, 2.05) is 61.8 Å². The molecule has 67 heavy (non-hydrogen) atoms. The van der Waals surface area contributed by atoms with Crippen molar-refractivity contribution >= 4 is 29.2 Å². The summed E-state index contributed by atoms with van der Waals surface area (Å²) in [6, 6.07) is 23.5. The van der Waals surface area contributed by atoms with Crippen LogP contribution < -0.4 is 19.5 Å². The van der Waals surface area contributed by atoms with E-state index in [2.05, 4.69) is 36.3 Å². The predicted molar refractivity (Wildman–Crippen MR) is 258 cm³/mol. The second-order valence-electron chi connectivity index (χ2n) is 19.9. The lowest BCUT2D eigenvalue weighted by Gasteiger charge is -2.47. The lowest BCUT2D eigenvalue weighted by molar-refractivity contribution is -0.144. The fourth-order valence-corrected chi connectivity index (χ4v) is 11.5. The number of anilines is 1. The molecule has 10 nitrogen and oxygen atoms in total. The van der Waals surface area contributed by atoms with Gasteiger partial charge in [0.15, 0.2) is 0 Å². The molecular formula is C54H67ClF2N4O6. The summed E-state index contributed by atoms with van der Waals surface area (Å²) in [7, 11) is 1.82. The highest BCUT2D eigenvalue weighted by Gasteiger charge is 2.54. The SMILES string of the molecule is C[C@@H](COc1ccnc2c1[C@H](C)CCC2)C[C@H]1Cc2ccc(OCCCC(=O)N(C)CCc3cccc(OCCN4CCC(F)(F)C4)c3)cc2C12CCC(Nc1cccc(Cl)c1)(C(=O)O)CC2. The Morgan fingerprint density at radius 3 is 2.55 bits per heavy atom. The number of aryl methyl sites for hydroxylation is 1. The lowest BCUT2D eigenvalue weighted by Crippen LogP contribution is -2.53. The van der Waals surface area contributed by atoms with E-state index in [1.165, 1.54) is 16.7 Å². The molecule has 1 aliphatic heterocycles. The maximum Gasteiger partial charge on any atom is 0.329 e. The number of nitrogens with zero attached hydrogens (tertiary/aromatic N) is 3. The monoisotopic (exact) mass is 940 g/mol. The molecule has 0 unspecified atom stereocenters. The Bertz CT molecular complexity index is 2360. The highest BCUT2D eigenvalue weighted by molar-refractivity contribution is 6.30. The number of hydrogen-bond acceptors (Lipinski definition) is 8. The highest BCUT2D eigenvalue weighted by Crippen LogP contribution is 2.57. The standard InChI is InChI=1S/C54H67ClF2N4O6/c1-37(35-67-48-17-24-58-47-13-4-8-38(2)50(47)48)30-41-32-40-15-16-45(34-46(40)52(41)19-21-53(22-20-52,51(63)64)59-43-11-6-10-42(55)33-43)65-28-7-14-49(62)60(3)25-18-39-9-5-12-44(31-39)66-29-27-61-26-23-54(56,57)36-61/h5-6,9-12,15-17,24,31,33-34,37-38,41,59H,4,7-8,13-14,18-23,25-30,32,35-36H2,1-3H3,(H,63,64)/t37-,38-,41+,52?,53?/m1/s1. The van der Waals surface area contributed by atoms with Gasteiger partial charge in [-0.2, -0.15) is 0 Å². The summed E-state index contributed by atoms with van der Waals surface area (Å²) >= 11 is 6.33. The molecule has 3 aromatic carbocycles. The van der Waals surface area contributed by atoms with Gasteiger partial charge in [-0.25, -0.2) is 13.6 Å². The van der Waals surface area contributed by atoms with Crippen LogP contribution in [0.1, 0.15) is 112 Å². The highest BCUT2D eigenvalue weighted by atomic mass is 35.5. The third-order valence-corrected chi connectivity index (χ3v) is 15.3. The third kappa shape index (κ3) is 11.7. The number of carbonyl (C=O) groups excluding carboxylic acids is 1. The van der Waals surface area contributed by atoms with E-state index in [9.17, 15) is 23.5 Å². The van der Waals surface area contributed by atoms with Crippen LogP contribution in [0.15, 0.2) is 79.0 Å². The summed E-state index contributed by atoms with van der Waals surface area (Å²) in [6.45, 7) is 7.04. The average molecular weight is 942 g/mol. The van der Waals surface area contributed by atoms with Crippen LogP contribution in [0.25, 0.3) is 0 Å². The number of benzene rings is 3. The van der Waals surface area contributed by atoms with E-state index in [0.717, 1.165) is 54.9 Å². The molecule has 3 aliphatic carbocycles. The molecule has 2 heterocycles. The van der Waals surface area contributed by atoms with Gasteiger partial charge in [-0.05, 0) is 159 Å². The minimum Gasteiger partial charge on any atom is -0.494 e. The molecule has 1 spiro atoms. The number of carbonyl (C=O) groups is 2. The topological polar surface area (TPSA) is 113 Å². The molecule has 2 N–H and O–H groups in total. The Morgan fingerprint density at radius 2 is 1.78 bits per heavy atom. The summed E-state index contributed by atoms with van der Waals surface area (Å²) in [5, 5.41) is 14.7. The fourth-order valence-electron chi connectivity index (χ4n) is 11.3. The van der Waals surface area contributed by atoms with Gasteiger partial charge in [-0.3, -0.25) is 14.7 Å². The Hall–Kier alpha value is -4.94. The number of nitrogens with one attached hydrogen (secondary N) is 1. The number of likely N-dealkylation sites (N-methyl/N-ethyl adjacent to an activating group) is 1. The van der Waals surface area contributed by atoms with Crippen molar-refractivity contribution in [2.45, 2.75) is 120 Å². The maximum atomic E-state index is 13.5. The second-order valence-corrected chi connectivity index (χ2v) is 20.3. The van der Waals surface area contributed by atoms with Crippen LogP contribution in [0.5, 0.6) is 17.2 Å². The second kappa shape index (κ2) is 21.1. The van der Waals surface area contributed by atoms with Crippen LogP contribution in [0.4, 0.5) is 14.5 Å². The zero-order valence-electron chi connectivity index (χ0n) is 39.3. The zero-order valence-corrected chi connectivity index (χ0v) is 40.1. The van der Waals surface area contributed by atoms with Crippen LogP contribution in [0.3, 0.4) is 0 Å². The molecule has 3 atom stereocenters. The average Bonchev–Trinajstić information content (AvgIpc) is 3.81. The molecular weight excluding hydrogens is 874 g/mol. The molecule has 4 aliphatic rings. The molecule has 1 aromatic heterocycles. The number of hydrogen-bond donors (Lipinski definition) is 2. The minimum atomic E-state index is -2.61. The van der Waals surface area contributed by atoms with Gasteiger partial charge < -0.3 is 29.5 Å². The van der Waals surface area contributed by atoms with Crippen LogP contribution in [0, 0.1) is 11.8 Å². The van der Waals surface area contributed by atoms with Gasteiger partial charge in [-0.15, -0.1) is 0 Å². The Labute approximate surface area is 399 Å². The molecule has 1 saturated heterocycles. The molecule has 1 amide bonds. The lowest BCUT2D eigenvalue weighted by atomic mass is 9.59. The van der Waals surface area contributed by atoms with Crippen molar-refractivity contribution in [2.75, 3.05) is 58.4 Å². The molecule has 0 bridgehead atoms. The first-order chi connectivity index (χ1) is 32.2. The molecule has 8 rings (SSSR count). The molecule has 13 heteroatoms. The van der Waals surface area contributed by atoms with E-state index < -0.39 is 17.4 Å². The number of aromatic nitrogens is 1. The van der Waals surface area contributed by atoms with Gasteiger partial charge in [-0.1, -0.05) is 49.7 Å². The summed E-state index contributed by atoms with van der Waals surface area (Å²) < 4.78 is 45.9. The molecule has 4 aromatic rings. The van der Waals surface area contributed by atoms with Gasteiger partial charge >= 0.3 is 5.97 Å². The number of halogens is 3. The van der Waals surface area contributed by atoms with Crippen LogP contribution in [-0.2, 0) is 34.3 Å². The summed E-state index contributed by atoms with van der Waals surface area (Å²) in [5.74, 6) is -0.0296. The number of aliphatic carboxylic acids is 1. The third-order valence-electron chi connectivity index (χ3n) is 15.1. The van der Waals surface area contributed by atoms with Gasteiger partial charge in [0.2, 0.25) is 5.91 Å². The van der Waals surface area contributed by atoms with Crippen molar-refractivity contribution in [1.82, 2.24) is 14.8 Å². The number of likely N-dealkylation sites (tertiary alicyclic amines) is 1. The number of pyridine rings is 1. The van der Waals surface area contributed by atoms with Crippen molar-refractivity contribution in [3.05, 3.63) is 112 Å². The van der Waals surface area contributed by atoms with E-state index in [1.54, 1.807) is 21.9 Å². The van der Waals surface area contributed by atoms with Crippen LogP contribution in [-0.4, -0.2) is 96.3 Å². The summed E-state index contributed by atoms with van der Waals surface area (Å²) in [6.07, 6.45) is 10.8. The normalized spacial score (nSPS) is 23.6. The van der Waals surface area contributed by atoms with E-state index in [4.69, 9.17) is 25.8 Å². The first-order valence-corrected chi connectivity index (χ1v) is 24.8. The molecule has 0 radical (unpaired) electrons. The van der Waals surface area contributed by atoms with Crippen molar-refractivity contribution < 1.29 is 37.7 Å². The van der Waals surface area contributed by atoms with Crippen molar-refractivity contribution in [3.63, 3.8) is 0 Å². The first-order valence-electron chi connectivity index (χ1n) is 24.4. The fraction of sp³-hybridized carbons (Fsp3) is 0.537. The Kier molecular flexibility index (Phi) is 15.3. The largest absolute Gasteiger partial charge is 0.494 e. The maximum absolute atomic E-state index is 13.5. The molecule has 1 saturated carbocycles. The molecule has 360 valence electrons. The first kappa shape index (κ1) is 48.5. The number of carboxylic acids is 1. The van der Waals surface area contributed by atoms with Crippen molar-refractivity contribution in [1.29, 1.82) is 0 Å². The van der Waals surface area contributed by atoms with Crippen molar-refractivity contribution in [2.24, 2.45) is 11.8 Å². The summed E-state index contributed by atoms with van der Waals surface area (Å²) in [4.78, 5) is 34.5.